The van der Waals surface area contributed by atoms with Crippen molar-refractivity contribution >= 4 is 11.9 Å². The van der Waals surface area contributed by atoms with Gasteiger partial charge in [-0.15, -0.1) is 0 Å². The molecule has 0 unspecified atom stereocenters. The lowest BCUT2D eigenvalue weighted by atomic mass is 9.98. The minimum absolute atomic E-state index is 0.182. The minimum Gasteiger partial charge on any atom is -0.454 e. The second kappa shape index (κ2) is 9.84. The molecule has 7 heteroatoms. The number of rotatable bonds is 6. The van der Waals surface area contributed by atoms with Crippen LogP contribution in [0.1, 0.15) is 35.3 Å². The first-order chi connectivity index (χ1) is 14.3. The Balaban J connectivity index is 1.82. The van der Waals surface area contributed by atoms with Crippen LogP contribution in [0.5, 0.6) is 0 Å². The van der Waals surface area contributed by atoms with Gasteiger partial charge in [0.05, 0.1) is 18.3 Å². The number of benzene rings is 2. The second-order valence-electron chi connectivity index (χ2n) is 7.30. The van der Waals surface area contributed by atoms with E-state index < -0.39 is 42.6 Å². The summed E-state index contributed by atoms with van der Waals surface area (Å²) in [7, 11) is 0. The number of esters is 2. The van der Waals surface area contributed by atoms with Crippen molar-refractivity contribution in [2.75, 3.05) is 0 Å². The molecule has 0 bridgehead atoms. The monoisotopic (exact) mass is 414 g/mol. The molecule has 0 aliphatic carbocycles. The highest BCUT2D eigenvalue weighted by atomic mass is 16.7. The van der Waals surface area contributed by atoms with Crippen LogP contribution in [-0.4, -0.2) is 47.8 Å². The quantitative estimate of drug-likeness (QED) is 0.727. The van der Waals surface area contributed by atoms with E-state index in [1.165, 1.54) is 6.92 Å². The van der Waals surface area contributed by atoms with E-state index in [1.807, 2.05) is 49.4 Å². The maximum absolute atomic E-state index is 12.7. The van der Waals surface area contributed by atoms with E-state index in [2.05, 4.69) is 0 Å². The number of carbonyl (C=O) groups is 2. The Labute approximate surface area is 175 Å². The normalized spacial score (nSPS) is 26.1. The zero-order valence-electron chi connectivity index (χ0n) is 17.2. The van der Waals surface area contributed by atoms with Crippen LogP contribution >= 0.6 is 0 Å². The summed E-state index contributed by atoms with van der Waals surface area (Å²) in [6.07, 6.45) is -5.03. The van der Waals surface area contributed by atoms with Gasteiger partial charge >= 0.3 is 11.9 Å². The van der Waals surface area contributed by atoms with Crippen LogP contribution in [0, 0.1) is 6.92 Å². The summed E-state index contributed by atoms with van der Waals surface area (Å²) >= 11 is 0. The van der Waals surface area contributed by atoms with Crippen molar-refractivity contribution in [2.24, 2.45) is 0 Å². The van der Waals surface area contributed by atoms with E-state index >= 15 is 0 Å². The fourth-order valence-electron chi connectivity index (χ4n) is 3.31. The smallest absolute Gasteiger partial charge is 0.338 e. The Morgan fingerprint density at radius 3 is 2.27 bits per heavy atom. The Hall–Kier alpha value is -2.74. The van der Waals surface area contributed by atoms with Crippen molar-refractivity contribution in [1.29, 1.82) is 0 Å². The van der Waals surface area contributed by atoms with Crippen molar-refractivity contribution in [3.63, 3.8) is 0 Å². The molecule has 2 aromatic rings. The molecule has 5 atom stereocenters. The van der Waals surface area contributed by atoms with Crippen LogP contribution in [-0.2, 0) is 30.3 Å². The highest BCUT2D eigenvalue weighted by molar-refractivity contribution is 5.89. The first kappa shape index (κ1) is 22.0. The van der Waals surface area contributed by atoms with Gasteiger partial charge < -0.3 is 24.1 Å². The summed E-state index contributed by atoms with van der Waals surface area (Å²) in [6, 6.07) is 16.4. The maximum Gasteiger partial charge on any atom is 0.338 e. The van der Waals surface area contributed by atoms with Gasteiger partial charge in [-0.1, -0.05) is 48.0 Å². The van der Waals surface area contributed by atoms with Crippen LogP contribution in [0.15, 0.2) is 54.6 Å². The van der Waals surface area contributed by atoms with Gasteiger partial charge in [-0.25, -0.2) is 4.79 Å². The van der Waals surface area contributed by atoms with Gasteiger partial charge in [0.1, 0.15) is 6.10 Å². The molecule has 30 heavy (non-hydrogen) atoms. The molecule has 1 aliphatic heterocycles. The Morgan fingerprint density at radius 2 is 1.63 bits per heavy atom. The summed E-state index contributed by atoms with van der Waals surface area (Å²) in [5.74, 6) is -1.16. The van der Waals surface area contributed by atoms with E-state index in [0.717, 1.165) is 11.1 Å². The van der Waals surface area contributed by atoms with Gasteiger partial charge in [0.2, 0.25) is 0 Å². The molecule has 0 aromatic heterocycles. The maximum atomic E-state index is 12.7. The molecule has 1 fully saturated rings. The number of aliphatic hydroxyl groups excluding tert-OH is 1. The third-order valence-electron chi connectivity index (χ3n) is 4.86. The predicted molar refractivity (Wildman–Crippen MR) is 108 cm³/mol. The molecule has 0 spiro atoms. The summed E-state index contributed by atoms with van der Waals surface area (Å²) in [5, 5.41) is 10.3. The van der Waals surface area contributed by atoms with E-state index in [0.29, 0.717) is 5.56 Å². The number of ether oxygens (including phenoxy) is 4. The molecular formula is C23H26O7. The first-order valence-corrected chi connectivity index (χ1v) is 9.79. The molecule has 1 saturated heterocycles. The van der Waals surface area contributed by atoms with Crippen LogP contribution in [0.25, 0.3) is 0 Å². The molecule has 0 saturated carbocycles. The Morgan fingerprint density at radius 1 is 0.967 bits per heavy atom. The van der Waals surface area contributed by atoms with Crippen molar-refractivity contribution in [3.8, 4) is 0 Å². The van der Waals surface area contributed by atoms with Gasteiger partial charge in [-0.2, -0.15) is 0 Å². The summed E-state index contributed by atoms with van der Waals surface area (Å²) < 4.78 is 22.4. The summed E-state index contributed by atoms with van der Waals surface area (Å²) in [5.41, 5.74) is 2.28. The second-order valence-corrected chi connectivity index (χ2v) is 7.30. The lowest BCUT2D eigenvalue weighted by Gasteiger charge is -2.42. The fraction of sp³-hybridized carbons (Fsp3) is 0.391. The van der Waals surface area contributed by atoms with Crippen LogP contribution in [0.3, 0.4) is 0 Å². The van der Waals surface area contributed by atoms with E-state index in [-0.39, 0.29) is 6.61 Å². The number of aliphatic hydroxyl groups is 1. The molecule has 2 aromatic carbocycles. The zero-order valence-corrected chi connectivity index (χ0v) is 17.2. The lowest BCUT2D eigenvalue weighted by molar-refractivity contribution is -0.291. The topological polar surface area (TPSA) is 91.3 Å². The van der Waals surface area contributed by atoms with E-state index in [1.54, 1.807) is 19.1 Å². The zero-order chi connectivity index (χ0) is 21.7. The molecule has 0 radical (unpaired) electrons. The molecule has 0 amide bonds. The molecule has 7 nitrogen and oxygen atoms in total. The highest BCUT2D eigenvalue weighted by Crippen LogP contribution is 2.28. The van der Waals surface area contributed by atoms with Crippen molar-refractivity contribution in [1.82, 2.24) is 0 Å². The SMILES string of the molecule is CC(=O)O[C@@H]1[C@H](OCc2ccccc2)[C@@H](OC(=O)c2ccc(C)cc2)[C@H](C)O[C@H]1O. The molecule has 1 heterocycles. The van der Waals surface area contributed by atoms with Crippen molar-refractivity contribution < 1.29 is 33.6 Å². The molecule has 3 rings (SSSR count). The fourth-order valence-corrected chi connectivity index (χ4v) is 3.31. The van der Waals surface area contributed by atoms with E-state index in [4.69, 9.17) is 18.9 Å². The average molecular weight is 414 g/mol. The molecular weight excluding hydrogens is 388 g/mol. The number of hydrogen-bond donors (Lipinski definition) is 1. The van der Waals surface area contributed by atoms with Crippen molar-refractivity contribution in [3.05, 3.63) is 71.3 Å². The molecule has 160 valence electrons. The minimum atomic E-state index is -1.40. The Bertz CT molecular complexity index is 850. The van der Waals surface area contributed by atoms with Crippen LogP contribution < -0.4 is 0 Å². The van der Waals surface area contributed by atoms with Gasteiger partial charge in [-0.3, -0.25) is 4.79 Å². The summed E-state index contributed by atoms with van der Waals surface area (Å²) in [6.45, 7) is 5.00. The Kier molecular flexibility index (Phi) is 7.20. The van der Waals surface area contributed by atoms with Crippen molar-refractivity contribution in [2.45, 2.75) is 58.1 Å². The highest BCUT2D eigenvalue weighted by Gasteiger charge is 2.48. The lowest BCUT2D eigenvalue weighted by Crippen LogP contribution is -2.60. The van der Waals surface area contributed by atoms with E-state index in [9.17, 15) is 14.7 Å². The number of carbonyl (C=O) groups excluding carboxylic acids is 2. The first-order valence-electron chi connectivity index (χ1n) is 9.79. The third kappa shape index (κ3) is 5.44. The largest absolute Gasteiger partial charge is 0.454 e. The van der Waals surface area contributed by atoms with Gasteiger partial charge in [0.25, 0.3) is 0 Å². The average Bonchev–Trinajstić information content (AvgIpc) is 2.72. The van der Waals surface area contributed by atoms with Gasteiger partial charge in [0.15, 0.2) is 18.5 Å². The predicted octanol–water partition coefficient (Wildman–Crippen LogP) is 2.77. The van der Waals surface area contributed by atoms with Crippen LogP contribution in [0.4, 0.5) is 0 Å². The third-order valence-corrected chi connectivity index (χ3v) is 4.86. The standard InChI is InChI=1S/C23H26O7/c1-14-9-11-18(12-10-14)22(25)30-19-15(2)28-23(26)21(29-16(3)24)20(19)27-13-17-7-5-4-6-8-17/h4-12,15,19-21,23,26H,13H2,1-3H3/t15-,19-,20+,21+,23+/m0/s1. The number of aryl methyl sites for hydroxylation is 1. The van der Waals surface area contributed by atoms with Gasteiger partial charge in [0, 0.05) is 6.92 Å². The van der Waals surface area contributed by atoms with Gasteiger partial charge in [-0.05, 0) is 31.5 Å². The van der Waals surface area contributed by atoms with Crippen LogP contribution in [0.2, 0.25) is 0 Å². The molecule has 1 N–H and O–H groups in total. The molecule has 1 aliphatic rings. The number of hydrogen-bond acceptors (Lipinski definition) is 7. The summed E-state index contributed by atoms with van der Waals surface area (Å²) in [4.78, 5) is 24.3.